The Morgan fingerprint density at radius 2 is 2.04 bits per heavy atom. The second-order valence-electron chi connectivity index (χ2n) is 7.49. The van der Waals surface area contributed by atoms with Crippen LogP contribution < -0.4 is 10.1 Å². The molecule has 1 heterocycles. The molecule has 3 rings (SSSR count). The zero-order valence-corrected chi connectivity index (χ0v) is 16.2. The molecule has 5 nitrogen and oxygen atoms in total. The van der Waals surface area contributed by atoms with Crippen molar-refractivity contribution >= 4 is 11.8 Å². The number of methoxy groups -OCH3 is 1. The van der Waals surface area contributed by atoms with Crippen molar-refractivity contribution in [2.24, 2.45) is 5.92 Å². The average Bonchev–Trinajstić information content (AvgIpc) is 3.08. The summed E-state index contributed by atoms with van der Waals surface area (Å²) in [5.74, 6) is 0.718. The third-order valence-corrected chi connectivity index (χ3v) is 5.55. The summed E-state index contributed by atoms with van der Waals surface area (Å²) < 4.78 is 5.16. The van der Waals surface area contributed by atoms with Gasteiger partial charge in [-0.3, -0.25) is 9.59 Å². The number of ether oxygens (including phenoxy) is 1. The Morgan fingerprint density at radius 3 is 2.74 bits per heavy atom. The van der Waals surface area contributed by atoms with Crippen molar-refractivity contribution in [3.63, 3.8) is 0 Å². The summed E-state index contributed by atoms with van der Waals surface area (Å²) in [5, 5.41) is 3.03. The third-order valence-electron chi connectivity index (χ3n) is 5.55. The van der Waals surface area contributed by atoms with E-state index in [1.54, 1.807) is 7.11 Å². The number of likely N-dealkylation sites (tertiary alicyclic amines) is 1. The highest BCUT2D eigenvalue weighted by Crippen LogP contribution is 2.21. The summed E-state index contributed by atoms with van der Waals surface area (Å²) in [6, 6.07) is 7.89. The summed E-state index contributed by atoms with van der Waals surface area (Å²) >= 11 is 0. The number of nitrogens with one attached hydrogen (secondary N) is 1. The average molecular weight is 370 g/mol. The van der Waals surface area contributed by atoms with Crippen molar-refractivity contribution < 1.29 is 14.3 Å². The van der Waals surface area contributed by atoms with E-state index in [0.717, 1.165) is 30.6 Å². The highest BCUT2D eigenvalue weighted by atomic mass is 16.5. The van der Waals surface area contributed by atoms with E-state index in [2.05, 4.69) is 11.4 Å². The monoisotopic (exact) mass is 370 g/mol. The van der Waals surface area contributed by atoms with Crippen molar-refractivity contribution in [2.45, 2.75) is 44.9 Å². The molecule has 0 aromatic heterocycles. The van der Waals surface area contributed by atoms with E-state index in [9.17, 15) is 9.59 Å². The van der Waals surface area contributed by atoms with Gasteiger partial charge in [0.1, 0.15) is 5.75 Å². The van der Waals surface area contributed by atoms with E-state index in [0.29, 0.717) is 26.1 Å². The Kier molecular flexibility index (Phi) is 6.91. The fourth-order valence-electron chi connectivity index (χ4n) is 3.84. The van der Waals surface area contributed by atoms with E-state index < -0.39 is 0 Å². The number of nitrogens with zero attached hydrogens (tertiary/aromatic N) is 1. The lowest BCUT2D eigenvalue weighted by atomic mass is 9.97. The first kappa shape index (κ1) is 19.5. The molecule has 0 spiro atoms. The van der Waals surface area contributed by atoms with Gasteiger partial charge in [0.05, 0.1) is 13.0 Å². The largest absolute Gasteiger partial charge is 0.497 e. The minimum Gasteiger partial charge on any atom is -0.497 e. The number of amides is 2. The van der Waals surface area contributed by atoms with Crippen molar-refractivity contribution in [2.75, 3.05) is 26.7 Å². The number of hydrogen-bond donors (Lipinski definition) is 1. The maximum absolute atomic E-state index is 12.4. The van der Waals surface area contributed by atoms with Gasteiger partial charge in [-0.05, 0) is 56.2 Å². The van der Waals surface area contributed by atoms with Gasteiger partial charge in [0.25, 0.3) is 0 Å². The smallest absolute Gasteiger partial charge is 0.225 e. The van der Waals surface area contributed by atoms with Crippen LogP contribution in [0.5, 0.6) is 5.75 Å². The molecule has 1 fully saturated rings. The van der Waals surface area contributed by atoms with Crippen LogP contribution in [0.2, 0.25) is 0 Å². The van der Waals surface area contributed by atoms with Crippen molar-refractivity contribution in [1.29, 1.82) is 0 Å². The number of carbonyl (C=O) groups is 2. The first-order valence-electron chi connectivity index (χ1n) is 10.0. The third kappa shape index (κ3) is 5.59. The zero-order chi connectivity index (χ0) is 19.1. The number of benzene rings is 1. The molecular weight excluding hydrogens is 340 g/mol. The molecule has 1 atom stereocenters. The number of allylic oxidation sites excluding steroid dienone is 1. The van der Waals surface area contributed by atoms with Crippen LogP contribution in [0, 0.1) is 5.92 Å². The zero-order valence-electron chi connectivity index (χ0n) is 16.2. The Bertz CT molecular complexity index is 681. The van der Waals surface area contributed by atoms with Gasteiger partial charge in [0, 0.05) is 26.1 Å². The van der Waals surface area contributed by atoms with Crippen molar-refractivity contribution in [1.82, 2.24) is 10.2 Å². The van der Waals surface area contributed by atoms with E-state index in [-0.39, 0.29) is 17.7 Å². The molecule has 146 valence electrons. The second-order valence-corrected chi connectivity index (χ2v) is 7.49. The van der Waals surface area contributed by atoms with Crippen LogP contribution in [0.25, 0.3) is 0 Å². The lowest BCUT2D eigenvalue weighted by Crippen LogP contribution is -2.34. The minimum absolute atomic E-state index is 0.0201. The molecule has 0 radical (unpaired) electrons. The predicted octanol–water partition coefficient (Wildman–Crippen LogP) is 3.09. The summed E-state index contributed by atoms with van der Waals surface area (Å²) in [7, 11) is 1.65. The molecule has 27 heavy (non-hydrogen) atoms. The van der Waals surface area contributed by atoms with Gasteiger partial charge < -0.3 is 15.0 Å². The lowest BCUT2D eigenvalue weighted by molar-refractivity contribution is -0.129. The summed E-state index contributed by atoms with van der Waals surface area (Å²) in [4.78, 5) is 26.5. The molecule has 1 N–H and O–H groups in total. The standard InChI is InChI=1S/C22H30N2O3/c1-27-20-9-7-18(8-10-20)12-14-24-16-19(15-21(24)25)22(26)23-13-11-17-5-3-2-4-6-17/h5,7-10,19H,2-4,6,11-16H2,1H3,(H,23,26). The molecule has 2 amide bonds. The Morgan fingerprint density at radius 1 is 1.22 bits per heavy atom. The Balaban J connectivity index is 1.40. The van der Waals surface area contributed by atoms with Gasteiger partial charge in [-0.15, -0.1) is 0 Å². The van der Waals surface area contributed by atoms with Crippen molar-refractivity contribution in [3.8, 4) is 5.75 Å². The van der Waals surface area contributed by atoms with E-state index >= 15 is 0 Å². The maximum Gasteiger partial charge on any atom is 0.225 e. The van der Waals surface area contributed by atoms with Crippen LogP contribution >= 0.6 is 0 Å². The minimum atomic E-state index is -0.214. The lowest BCUT2D eigenvalue weighted by Gasteiger charge is -2.17. The van der Waals surface area contributed by atoms with E-state index in [1.165, 1.54) is 24.8 Å². The molecule has 1 unspecified atom stereocenters. The topological polar surface area (TPSA) is 58.6 Å². The fourth-order valence-corrected chi connectivity index (χ4v) is 3.84. The van der Waals surface area contributed by atoms with Gasteiger partial charge in [0.2, 0.25) is 11.8 Å². The molecular formula is C22H30N2O3. The molecule has 1 aromatic rings. The van der Waals surface area contributed by atoms with Crippen LogP contribution in [0.15, 0.2) is 35.9 Å². The Labute approximate surface area is 161 Å². The first-order chi connectivity index (χ1) is 13.2. The highest BCUT2D eigenvalue weighted by Gasteiger charge is 2.33. The van der Waals surface area contributed by atoms with Gasteiger partial charge in [-0.2, -0.15) is 0 Å². The van der Waals surface area contributed by atoms with Crippen LogP contribution in [0.3, 0.4) is 0 Å². The molecule has 2 aliphatic rings. The van der Waals surface area contributed by atoms with Gasteiger partial charge in [-0.25, -0.2) is 0 Å². The molecule has 1 aliphatic carbocycles. The summed E-state index contributed by atoms with van der Waals surface area (Å²) in [6.45, 7) is 1.87. The van der Waals surface area contributed by atoms with Crippen LogP contribution in [0.4, 0.5) is 0 Å². The van der Waals surface area contributed by atoms with E-state index in [1.807, 2.05) is 29.2 Å². The Hall–Kier alpha value is -2.30. The highest BCUT2D eigenvalue weighted by molar-refractivity contribution is 5.89. The second kappa shape index (κ2) is 9.58. The van der Waals surface area contributed by atoms with Gasteiger partial charge in [-0.1, -0.05) is 23.8 Å². The summed E-state index contributed by atoms with van der Waals surface area (Å²) in [5.41, 5.74) is 2.63. The van der Waals surface area contributed by atoms with Crippen LogP contribution in [0.1, 0.15) is 44.1 Å². The van der Waals surface area contributed by atoms with E-state index in [4.69, 9.17) is 4.74 Å². The van der Waals surface area contributed by atoms with Crippen LogP contribution in [-0.2, 0) is 16.0 Å². The molecule has 0 bridgehead atoms. The maximum atomic E-state index is 12.4. The quantitative estimate of drug-likeness (QED) is 0.716. The fraction of sp³-hybridized carbons (Fsp3) is 0.545. The normalized spacial score (nSPS) is 19.7. The molecule has 1 saturated heterocycles. The van der Waals surface area contributed by atoms with Gasteiger partial charge in [0.15, 0.2) is 0 Å². The predicted molar refractivity (Wildman–Crippen MR) is 106 cm³/mol. The molecule has 1 aromatic carbocycles. The van der Waals surface area contributed by atoms with Crippen LogP contribution in [-0.4, -0.2) is 43.5 Å². The van der Waals surface area contributed by atoms with Crippen molar-refractivity contribution in [3.05, 3.63) is 41.5 Å². The summed E-state index contributed by atoms with van der Waals surface area (Å²) in [6.07, 6.45) is 9.26. The number of hydrogen-bond acceptors (Lipinski definition) is 3. The number of carbonyl (C=O) groups excluding carboxylic acids is 2. The van der Waals surface area contributed by atoms with Gasteiger partial charge >= 0.3 is 0 Å². The molecule has 1 aliphatic heterocycles. The first-order valence-corrected chi connectivity index (χ1v) is 10.0. The molecule has 0 saturated carbocycles. The SMILES string of the molecule is COc1ccc(CCN2CC(C(=O)NCCC3=CCCCC3)CC2=O)cc1. The number of rotatable bonds is 8. The molecule has 5 heteroatoms.